The summed E-state index contributed by atoms with van der Waals surface area (Å²) in [6.45, 7) is 4.33. The lowest BCUT2D eigenvalue weighted by molar-refractivity contribution is -0.134. The van der Waals surface area contributed by atoms with Crippen molar-refractivity contribution in [2.24, 2.45) is 5.92 Å². The minimum absolute atomic E-state index is 0.249. The molecule has 1 aromatic rings. The van der Waals surface area contributed by atoms with Crippen molar-refractivity contribution in [3.05, 3.63) is 35.9 Å². The van der Waals surface area contributed by atoms with Gasteiger partial charge in [-0.3, -0.25) is 9.69 Å². The van der Waals surface area contributed by atoms with E-state index in [-0.39, 0.29) is 12.0 Å². The largest absolute Gasteiger partial charge is 0.393 e. The van der Waals surface area contributed by atoms with Gasteiger partial charge in [-0.2, -0.15) is 0 Å². The van der Waals surface area contributed by atoms with E-state index < -0.39 is 0 Å². The van der Waals surface area contributed by atoms with E-state index in [2.05, 4.69) is 17.0 Å². The molecule has 1 N–H and O–H groups in total. The number of piperidine rings is 1. The lowest BCUT2D eigenvalue weighted by Crippen LogP contribution is -2.45. The minimum Gasteiger partial charge on any atom is -0.393 e. The molecule has 2 aliphatic heterocycles. The van der Waals surface area contributed by atoms with Crippen molar-refractivity contribution in [2.45, 2.75) is 44.6 Å². The van der Waals surface area contributed by atoms with Crippen LogP contribution in [-0.4, -0.2) is 59.6 Å². The van der Waals surface area contributed by atoms with E-state index >= 15 is 0 Å². The molecule has 2 heterocycles. The number of carbonyl (C=O) groups excluding carboxylic acids is 1. The first-order valence-corrected chi connectivity index (χ1v) is 9.44. The van der Waals surface area contributed by atoms with E-state index in [0.717, 1.165) is 51.9 Å². The molecule has 1 amide bonds. The van der Waals surface area contributed by atoms with Crippen molar-refractivity contribution in [1.82, 2.24) is 9.80 Å². The van der Waals surface area contributed by atoms with E-state index in [0.29, 0.717) is 12.5 Å². The quantitative estimate of drug-likeness (QED) is 0.870. The smallest absolute Gasteiger partial charge is 0.236 e. The van der Waals surface area contributed by atoms with E-state index in [1.54, 1.807) is 0 Å². The Morgan fingerprint density at radius 1 is 1.08 bits per heavy atom. The summed E-state index contributed by atoms with van der Waals surface area (Å²) in [5, 5.41) is 10.5. The third kappa shape index (κ3) is 4.81. The maximum atomic E-state index is 12.4. The summed E-state index contributed by atoms with van der Waals surface area (Å²) in [4.78, 5) is 16.6. The van der Waals surface area contributed by atoms with Crippen molar-refractivity contribution in [1.29, 1.82) is 0 Å². The predicted molar refractivity (Wildman–Crippen MR) is 95.7 cm³/mol. The molecule has 0 bridgehead atoms. The Kier molecular flexibility index (Phi) is 6.27. The van der Waals surface area contributed by atoms with E-state index in [1.165, 1.54) is 18.4 Å². The van der Waals surface area contributed by atoms with Gasteiger partial charge in [-0.15, -0.1) is 0 Å². The zero-order chi connectivity index (χ0) is 16.8. The van der Waals surface area contributed by atoms with Crippen molar-refractivity contribution in [3.63, 3.8) is 0 Å². The molecule has 4 heteroatoms. The zero-order valence-corrected chi connectivity index (χ0v) is 14.6. The number of hydrogen-bond acceptors (Lipinski definition) is 3. The summed E-state index contributed by atoms with van der Waals surface area (Å²) < 4.78 is 0. The highest BCUT2D eigenvalue weighted by molar-refractivity contribution is 5.78. The second kappa shape index (κ2) is 8.63. The fourth-order valence-electron chi connectivity index (χ4n) is 3.96. The molecule has 0 spiro atoms. The number of hydrogen-bond donors (Lipinski definition) is 1. The van der Waals surface area contributed by atoms with Crippen molar-refractivity contribution >= 4 is 5.91 Å². The molecule has 4 nitrogen and oxygen atoms in total. The molecule has 24 heavy (non-hydrogen) atoms. The first kappa shape index (κ1) is 17.4. The molecule has 2 saturated heterocycles. The number of aliphatic hydroxyl groups excluding tert-OH is 1. The van der Waals surface area contributed by atoms with Gasteiger partial charge >= 0.3 is 0 Å². The van der Waals surface area contributed by atoms with Gasteiger partial charge in [-0.1, -0.05) is 30.3 Å². The van der Waals surface area contributed by atoms with Crippen LogP contribution in [0.5, 0.6) is 0 Å². The zero-order valence-electron chi connectivity index (χ0n) is 14.6. The molecule has 1 aromatic carbocycles. The topological polar surface area (TPSA) is 43.8 Å². The number of carbonyl (C=O) groups is 1. The van der Waals surface area contributed by atoms with Crippen LogP contribution < -0.4 is 0 Å². The number of amides is 1. The van der Waals surface area contributed by atoms with Crippen LogP contribution in [0.25, 0.3) is 0 Å². The summed E-state index contributed by atoms with van der Waals surface area (Å²) in [5.74, 6) is 0.610. The molecular formula is C20H30N2O2. The molecule has 0 aromatic heterocycles. The molecular weight excluding hydrogens is 300 g/mol. The molecule has 132 valence electrons. The second-order valence-electron chi connectivity index (χ2n) is 7.29. The van der Waals surface area contributed by atoms with E-state index in [9.17, 15) is 9.90 Å². The number of rotatable bonds is 6. The van der Waals surface area contributed by atoms with Gasteiger partial charge < -0.3 is 10.0 Å². The van der Waals surface area contributed by atoms with Crippen LogP contribution in [0.1, 0.15) is 37.7 Å². The van der Waals surface area contributed by atoms with Crippen LogP contribution in [0.4, 0.5) is 0 Å². The Bertz CT molecular complexity index is 506. The first-order chi connectivity index (χ1) is 11.7. The molecule has 3 rings (SSSR count). The summed E-state index contributed by atoms with van der Waals surface area (Å²) in [6.07, 6.45) is 5.81. The Hall–Kier alpha value is -1.39. The predicted octanol–water partition coefficient (Wildman–Crippen LogP) is 2.31. The Balaban J connectivity index is 1.38. The highest BCUT2D eigenvalue weighted by Gasteiger charge is 2.28. The Morgan fingerprint density at radius 3 is 2.42 bits per heavy atom. The summed E-state index contributed by atoms with van der Waals surface area (Å²) in [5.41, 5.74) is 1.29. The molecule has 2 fully saturated rings. The van der Waals surface area contributed by atoms with Crippen molar-refractivity contribution < 1.29 is 9.90 Å². The standard InChI is InChI=1S/C20H30N2O2/c23-19(9-8-17-6-2-1-3-7-17)18-10-14-22(15-11-18)20(24)16-21-12-4-5-13-21/h1-3,6-7,18-19,23H,4-5,8-16H2/t19-/m1/s1. The summed E-state index contributed by atoms with van der Waals surface area (Å²) in [7, 11) is 0. The van der Waals surface area contributed by atoms with Crippen LogP contribution in [-0.2, 0) is 11.2 Å². The van der Waals surface area contributed by atoms with Gasteiger partial charge in [0, 0.05) is 13.1 Å². The number of likely N-dealkylation sites (tertiary alicyclic amines) is 2. The van der Waals surface area contributed by atoms with Crippen molar-refractivity contribution in [3.8, 4) is 0 Å². The van der Waals surface area contributed by atoms with Gasteiger partial charge in [-0.25, -0.2) is 0 Å². The van der Waals surface area contributed by atoms with Gasteiger partial charge in [0.05, 0.1) is 12.6 Å². The maximum absolute atomic E-state index is 12.4. The third-order valence-corrected chi connectivity index (χ3v) is 5.57. The van der Waals surface area contributed by atoms with Crippen molar-refractivity contribution in [2.75, 3.05) is 32.7 Å². The lowest BCUT2D eigenvalue weighted by atomic mass is 9.88. The highest BCUT2D eigenvalue weighted by atomic mass is 16.3. The number of benzene rings is 1. The van der Waals surface area contributed by atoms with Gasteiger partial charge in [0.15, 0.2) is 0 Å². The lowest BCUT2D eigenvalue weighted by Gasteiger charge is -2.35. The van der Waals surface area contributed by atoms with Crippen LogP contribution in [0.15, 0.2) is 30.3 Å². The summed E-state index contributed by atoms with van der Waals surface area (Å²) >= 11 is 0. The maximum Gasteiger partial charge on any atom is 0.236 e. The summed E-state index contributed by atoms with van der Waals surface area (Å²) in [6, 6.07) is 10.4. The van der Waals surface area contributed by atoms with Crippen LogP contribution in [0, 0.1) is 5.92 Å². The monoisotopic (exact) mass is 330 g/mol. The molecule has 0 aliphatic carbocycles. The number of aryl methyl sites for hydroxylation is 1. The SMILES string of the molecule is O=C(CN1CCCC1)N1CCC([C@H](O)CCc2ccccc2)CC1. The highest BCUT2D eigenvalue weighted by Crippen LogP contribution is 2.24. The Morgan fingerprint density at radius 2 is 1.75 bits per heavy atom. The van der Waals surface area contributed by atoms with Gasteiger partial charge in [0.1, 0.15) is 0 Å². The van der Waals surface area contributed by atoms with Gasteiger partial charge in [0.2, 0.25) is 5.91 Å². The van der Waals surface area contributed by atoms with Crippen LogP contribution in [0.2, 0.25) is 0 Å². The molecule has 0 saturated carbocycles. The third-order valence-electron chi connectivity index (χ3n) is 5.57. The normalized spacial score (nSPS) is 21.1. The fraction of sp³-hybridized carbons (Fsp3) is 0.650. The fourth-order valence-corrected chi connectivity index (χ4v) is 3.96. The average Bonchev–Trinajstić information content (AvgIpc) is 3.13. The first-order valence-electron chi connectivity index (χ1n) is 9.44. The molecule has 1 atom stereocenters. The second-order valence-corrected chi connectivity index (χ2v) is 7.29. The van der Waals surface area contributed by atoms with E-state index in [1.807, 2.05) is 23.1 Å². The van der Waals surface area contributed by atoms with Crippen LogP contribution in [0.3, 0.4) is 0 Å². The average molecular weight is 330 g/mol. The number of nitrogens with zero attached hydrogens (tertiary/aromatic N) is 2. The number of aliphatic hydroxyl groups is 1. The minimum atomic E-state index is -0.249. The van der Waals surface area contributed by atoms with Gasteiger partial charge in [-0.05, 0) is 63.1 Å². The molecule has 2 aliphatic rings. The molecule has 0 radical (unpaired) electrons. The Labute approximate surface area is 145 Å². The van der Waals surface area contributed by atoms with E-state index in [4.69, 9.17) is 0 Å². The van der Waals surface area contributed by atoms with Crippen LogP contribution >= 0.6 is 0 Å². The molecule has 0 unspecified atom stereocenters. The van der Waals surface area contributed by atoms with Gasteiger partial charge in [0.25, 0.3) is 0 Å².